The van der Waals surface area contributed by atoms with Crippen LogP contribution in [0.1, 0.15) is 31.2 Å². The number of carbonyl (C=O) groups excluding carboxylic acids is 3. The van der Waals surface area contributed by atoms with E-state index in [9.17, 15) is 14.4 Å². The van der Waals surface area contributed by atoms with Crippen LogP contribution in [-0.4, -0.2) is 40.1 Å². The Morgan fingerprint density at radius 2 is 1.88 bits per heavy atom. The fraction of sp³-hybridized carbons (Fsp3) is 0.261. The van der Waals surface area contributed by atoms with Crippen molar-refractivity contribution in [1.29, 1.82) is 0 Å². The molecule has 10 heteroatoms. The third-order valence-electron chi connectivity index (χ3n) is 5.39. The number of nitrogens with one attached hydrogen (secondary N) is 2. The quantitative estimate of drug-likeness (QED) is 0.506. The number of amides is 4. The van der Waals surface area contributed by atoms with Crippen molar-refractivity contribution in [3.8, 4) is 17.1 Å². The van der Waals surface area contributed by atoms with E-state index < -0.39 is 23.4 Å². The highest BCUT2D eigenvalue weighted by molar-refractivity contribution is 6.08. The molecule has 2 N–H and O–H groups in total. The predicted molar refractivity (Wildman–Crippen MR) is 117 cm³/mol. The molecule has 1 unspecified atom stereocenters. The summed E-state index contributed by atoms with van der Waals surface area (Å²) in [5.41, 5.74) is 2.55. The van der Waals surface area contributed by atoms with Crippen LogP contribution < -0.4 is 15.5 Å². The first-order valence-corrected chi connectivity index (χ1v) is 10.4. The average Bonchev–Trinajstić information content (AvgIpc) is 3.39. The number of aryl methyl sites for hydroxylation is 1. The van der Waals surface area contributed by atoms with E-state index in [0.717, 1.165) is 16.3 Å². The summed E-state index contributed by atoms with van der Waals surface area (Å²) in [4.78, 5) is 41.8. The lowest BCUT2D eigenvalue weighted by atomic mass is 9.92. The topological polar surface area (TPSA) is 127 Å². The molecule has 4 rings (SSSR count). The molecule has 3 aromatic rings. The summed E-state index contributed by atoms with van der Waals surface area (Å²) in [6.07, 6.45) is 0.841. The Bertz CT molecular complexity index is 1160. The number of ether oxygens (including phenoxy) is 1. The molecule has 1 aromatic heterocycles. The summed E-state index contributed by atoms with van der Waals surface area (Å²) in [6, 6.07) is 15.4. The predicted octanol–water partition coefficient (Wildman–Crippen LogP) is 2.57. The minimum atomic E-state index is -1.24. The highest BCUT2D eigenvalue weighted by atomic mass is 16.5. The molecule has 1 aliphatic rings. The zero-order valence-corrected chi connectivity index (χ0v) is 18.2. The minimum Gasteiger partial charge on any atom is -0.497 e. The maximum absolute atomic E-state index is 12.8. The molecule has 0 saturated carbocycles. The molecule has 0 aliphatic carbocycles. The summed E-state index contributed by atoms with van der Waals surface area (Å²) >= 11 is 0. The Labute approximate surface area is 189 Å². The van der Waals surface area contributed by atoms with Crippen molar-refractivity contribution in [3.05, 3.63) is 66.1 Å². The van der Waals surface area contributed by atoms with Crippen LogP contribution in [0.4, 0.5) is 4.79 Å². The molecule has 0 bridgehead atoms. The van der Waals surface area contributed by atoms with Crippen LogP contribution >= 0.6 is 0 Å². The van der Waals surface area contributed by atoms with Gasteiger partial charge < -0.3 is 14.6 Å². The van der Waals surface area contributed by atoms with Crippen molar-refractivity contribution < 1.29 is 23.6 Å². The molecular formula is C23H23N5O5. The summed E-state index contributed by atoms with van der Waals surface area (Å²) < 4.78 is 10.4. The van der Waals surface area contributed by atoms with Gasteiger partial charge in [0.25, 0.3) is 5.91 Å². The number of aromatic nitrogens is 2. The van der Waals surface area contributed by atoms with Gasteiger partial charge in [-0.3, -0.25) is 15.0 Å². The Morgan fingerprint density at radius 1 is 1.15 bits per heavy atom. The number of carbonyl (C=O) groups is 3. The molecule has 2 aromatic carbocycles. The van der Waals surface area contributed by atoms with Gasteiger partial charge in [-0.25, -0.2) is 4.79 Å². The molecule has 2 heterocycles. The highest BCUT2D eigenvalue weighted by Gasteiger charge is 2.49. The van der Waals surface area contributed by atoms with Crippen molar-refractivity contribution in [2.45, 2.75) is 31.7 Å². The number of hydrogen-bond donors (Lipinski definition) is 2. The fourth-order valence-electron chi connectivity index (χ4n) is 3.50. The molecule has 0 radical (unpaired) electrons. The number of methoxy groups -OCH3 is 1. The largest absolute Gasteiger partial charge is 0.497 e. The van der Waals surface area contributed by atoms with E-state index in [1.165, 1.54) is 0 Å². The second-order valence-corrected chi connectivity index (χ2v) is 7.69. The summed E-state index contributed by atoms with van der Waals surface area (Å²) in [6.45, 7) is 1.60. The van der Waals surface area contributed by atoms with Gasteiger partial charge in [0, 0.05) is 18.4 Å². The first-order chi connectivity index (χ1) is 15.9. The van der Waals surface area contributed by atoms with Gasteiger partial charge in [0.15, 0.2) is 0 Å². The minimum absolute atomic E-state index is 0.0688. The van der Waals surface area contributed by atoms with Crippen LogP contribution in [0.2, 0.25) is 0 Å². The van der Waals surface area contributed by atoms with Gasteiger partial charge >= 0.3 is 6.03 Å². The Kier molecular flexibility index (Phi) is 6.07. The third kappa shape index (κ3) is 4.54. The van der Waals surface area contributed by atoms with Crippen molar-refractivity contribution in [3.63, 3.8) is 0 Å². The van der Waals surface area contributed by atoms with Gasteiger partial charge in [-0.05, 0) is 43.2 Å². The van der Waals surface area contributed by atoms with Crippen molar-refractivity contribution in [2.75, 3.05) is 7.11 Å². The second kappa shape index (κ2) is 9.11. The molecule has 1 fully saturated rings. The van der Waals surface area contributed by atoms with Gasteiger partial charge in [0.1, 0.15) is 11.3 Å². The zero-order valence-electron chi connectivity index (χ0n) is 18.2. The third-order valence-corrected chi connectivity index (χ3v) is 5.39. The Balaban J connectivity index is 1.30. The van der Waals surface area contributed by atoms with E-state index in [2.05, 4.69) is 20.9 Å². The summed E-state index contributed by atoms with van der Waals surface area (Å²) in [5.74, 6) is 0.540. The molecule has 1 aliphatic heterocycles. The molecular weight excluding hydrogens is 426 g/mol. The summed E-state index contributed by atoms with van der Waals surface area (Å²) in [5, 5.41) is 7.32. The number of urea groups is 1. The normalized spacial score (nSPS) is 17.7. The van der Waals surface area contributed by atoms with Crippen LogP contribution in [0.5, 0.6) is 5.75 Å². The van der Waals surface area contributed by atoms with E-state index in [4.69, 9.17) is 9.26 Å². The first kappa shape index (κ1) is 22.0. The average molecular weight is 449 g/mol. The second-order valence-electron chi connectivity index (χ2n) is 7.69. The van der Waals surface area contributed by atoms with E-state index in [0.29, 0.717) is 30.1 Å². The van der Waals surface area contributed by atoms with Crippen LogP contribution in [-0.2, 0) is 21.5 Å². The number of hydrazine groups is 1. The maximum Gasteiger partial charge on any atom is 0.344 e. The lowest BCUT2D eigenvalue weighted by Gasteiger charge is -2.22. The number of hydrogen-bond acceptors (Lipinski definition) is 7. The zero-order chi connectivity index (χ0) is 23.4. The Hall–Kier alpha value is -4.21. The van der Waals surface area contributed by atoms with Crippen molar-refractivity contribution in [2.24, 2.45) is 0 Å². The van der Waals surface area contributed by atoms with Gasteiger partial charge in [0.05, 0.1) is 7.11 Å². The van der Waals surface area contributed by atoms with Crippen molar-refractivity contribution >= 4 is 17.8 Å². The maximum atomic E-state index is 12.8. The van der Waals surface area contributed by atoms with E-state index in [1.807, 2.05) is 18.2 Å². The monoisotopic (exact) mass is 449 g/mol. The first-order valence-electron chi connectivity index (χ1n) is 10.4. The number of rotatable bonds is 8. The van der Waals surface area contributed by atoms with Crippen LogP contribution in [0.3, 0.4) is 0 Å². The highest BCUT2D eigenvalue weighted by Crippen LogP contribution is 2.27. The van der Waals surface area contributed by atoms with E-state index >= 15 is 0 Å². The van der Waals surface area contributed by atoms with E-state index in [1.54, 1.807) is 50.4 Å². The number of benzene rings is 2. The summed E-state index contributed by atoms with van der Waals surface area (Å²) in [7, 11) is 1.59. The molecule has 1 saturated heterocycles. The molecule has 170 valence electrons. The van der Waals surface area contributed by atoms with Crippen LogP contribution in [0.15, 0.2) is 59.1 Å². The lowest BCUT2D eigenvalue weighted by Crippen LogP contribution is -2.47. The standard InChI is InChI=1S/C23H23N5O5/c1-23(16-7-4-3-5-8-16)21(30)28(22(31)25-23)26-18(29)9-6-10-19-24-20(27-33-19)15-11-13-17(32-2)14-12-15/h3-5,7-8,11-14H,6,9-10H2,1-2H3,(H,25,31)(H,26,29). The molecule has 10 nitrogen and oxygen atoms in total. The van der Waals surface area contributed by atoms with Gasteiger partial charge in [-0.1, -0.05) is 35.5 Å². The van der Waals surface area contributed by atoms with Crippen LogP contribution in [0.25, 0.3) is 11.4 Å². The van der Waals surface area contributed by atoms with Gasteiger partial charge in [-0.2, -0.15) is 9.99 Å². The van der Waals surface area contributed by atoms with E-state index in [-0.39, 0.29) is 6.42 Å². The number of imide groups is 1. The fourth-order valence-corrected chi connectivity index (χ4v) is 3.50. The lowest BCUT2D eigenvalue weighted by molar-refractivity contribution is -0.139. The van der Waals surface area contributed by atoms with Gasteiger partial charge in [0.2, 0.25) is 17.6 Å². The SMILES string of the molecule is COc1ccc(-c2noc(CCCC(=O)NN3C(=O)NC(C)(c4ccccc4)C3=O)n2)cc1. The van der Waals surface area contributed by atoms with Gasteiger partial charge in [-0.15, -0.1) is 0 Å². The molecule has 33 heavy (non-hydrogen) atoms. The number of nitrogens with zero attached hydrogens (tertiary/aromatic N) is 3. The van der Waals surface area contributed by atoms with Crippen molar-refractivity contribution in [1.82, 2.24) is 25.9 Å². The smallest absolute Gasteiger partial charge is 0.344 e. The van der Waals surface area contributed by atoms with Crippen LogP contribution in [0, 0.1) is 0 Å². The molecule has 4 amide bonds. The Morgan fingerprint density at radius 3 is 2.58 bits per heavy atom. The molecule has 0 spiro atoms. The molecule has 1 atom stereocenters.